The van der Waals surface area contributed by atoms with Crippen molar-refractivity contribution in [3.05, 3.63) is 59.2 Å². The molecule has 0 fully saturated rings. The first-order chi connectivity index (χ1) is 12.9. The van der Waals surface area contributed by atoms with Gasteiger partial charge in [0.15, 0.2) is 0 Å². The van der Waals surface area contributed by atoms with Crippen LogP contribution in [-0.4, -0.2) is 14.2 Å². The molecule has 4 nitrogen and oxygen atoms in total. The molecule has 0 saturated heterocycles. The Balaban J connectivity index is 2.01. The topological polar surface area (TPSA) is 58.2 Å². The zero-order chi connectivity index (χ0) is 20.7. The molecule has 0 amide bonds. The molecule has 1 unspecified atom stereocenters. The van der Waals surface area contributed by atoms with Gasteiger partial charge in [0.2, 0.25) is 10.0 Å². The van der Waals surface area contributed by atoms with Gasteiger partial charge in [-0.25, -0.2) is 8.42 Å². The summed E-state index contributed by atoms with van der Waals surface area (Å²) in [4.78, 5) is 0. The number of fused-ring (bicyclic) bond motifs is 1. The largest absolute Gasteiger partial charge is 0.416 e. The molecule has 28 heavy (non-hydrogen) atoms. The van der Waals surface area contributed by atoms with Gasteiger partial charge in [-0.2, -0.15) is 13.2 Å². The third kappa shape index (κ3) is 4.11. The van der Waals surface area contributed by atoms with Gasteiger partial charge in [-0.15, -0.1) is 0 Å². The Labute approximate surface area is 163 Å². The zero-order valence-electron chi connectivity index (χ0n) is 15.9. The number of hydrogen-bond acceptors (Lipinski definition) is 3. The summed E-state index contributed by atoms with van der Waals surface area (Å²) in [5.74, 6) is -0.0476. The van der Waals surface area contributed by atoms with E-state index >= 15 is 0 Å². The standard InChI is InChI=1S/C20H23F3N2O2S/c1-4-28(26,27)25-16-8-6-5-7-14(16)18-12-19(2,3)15-11-13(20(21,22)23)9-10-17(15)24-18/h5-11,18,24-25H,4,12H2,1-3H3. The summed E-state index contributed by atoms with van der Waals surface area (Å²) in [6.07, 6.45) is -3.88. The van der Waals surface area contributed by atoms with Crippen LogP contribution in [0.15, 0.2) is 42.5 Å². The SMILES string of the molecule is CCS(=O)(=O)Nc1ccccc1C1CC(C)(C)c2cc(C(F)(F)F)ccc2N1. The normalized spacial score (nSPS) is 18.9. The van der Waals surface area contributed by atoms with Crippen molar-refractivity contribution >= 4 is 21.4 Å². The average molecular weight is 412 g/mol. The highest BCUT2D eigenvalue weighted by Crippen LogP contribution is 2.47. The minimum atomic E-state index is -4.40. The Hall–Kier alpha value is -2.22. The molecule has 0 aliphatic carbocycles. The molecule has 0 spiro atoms. The fourth-order valence-corrected chi connectivity index (χ4v) is 4.25. The molecule has 152 valence electrons. The van der Waals surface area contributed by atoms with Crippen molar-refractivity contribution in [2.24, 2.45) is 0 Å². The molecule has 3 rings (SSSR count). The first-order valence-corrected chi connectivity index (χ1v) is 10.7. The van der Waals surface area contributed by atoms with Gasteiger partial charge >= 0.3 is 6.18 Å². The van der Waals surface area contributed by atoms with E-state index in [1.807, 2.05) is 26.0 Å². The summed E-state index contributed by atoms with van der Waals surface area (Å²) in [6.45, 7) is 5.36. The lowest BCUT2D eigenvalue weighted by atomic mass is 9.73. The van der Waals surface area contributed by atoms with Crippen molar-refractivity contribution in [3.8, 4) is 0 Å². The maximum atomic E-state index is 13.1. The van der Waals surface area contributed by atoms with E-state index in [1.54, 1.807) is 19.1 Å². The highest BCUT2D eigenvalue weighted by atomic mass is 32.2. The van der Waals surface area contributed by atoms with Crippen LogP contribution in [0.4, 0.5) is 24.5 Å². The highest BCUT2D eigenvalue weighted by molar-refractivity contribution is 7.92. The first kappa shape index (κ1) is 20.5. The molecule has 1 atom stereocenters. The van der Waals surface area contributed by atoms with Crippen LogP contribution in [0, 0.1) is 0 Å². The van der Waals surface area contributed by atoms with Gasteiger partial charge in [0, 0.05) is 5.69 Å². The van der Waals surface area contributed by atoms with E-state index in [4.69, 9.17) is 0 Å². The molecular weight excluding hydrogens is 389 g/mol. The van der Waals surface area contributed by atoms with E-state index in [-0.39, 0.29) is 11.8 Å². The van der Waals surface area contributed by atoms with Gasteiger partial charge in [-0.1, -0.05) is 32.0 Å². The number of hydrogen-bond donors (Lipinski definition) is 2. The second-order valence-corrected chi connectivity index (χ2v) is 9.65. The Bertz CT molecular complexity index is 985. The maximum Gasteiger partial charge on any atom is 0.416 e. The molecule has 2 aromatic carbocycles. The molecule has 8 heteroatoms. The molecule has 1 heterocycles. The van der Waals surface area contributed by atoms with Gasteiger partial charge in [0.25, 0.3) is 0 Å². The number of para-hydroxylation sites is 1. The molecule has 1 aliphatic rings. The Kier molecular flexibility index (Phi) is 5.12. The Morgan fingerprint density at radius 3 is 2.50 bits per heavy atom. The number of anilines is 2. The molecular formula is C20H23F3N2O2S. The average Bonchev–Trinajstić information content (AvgIpc) is 2.60. The smallest absolute Gasteiger partial charge is 0.378 e. The number of alkyl halides is 3. The van der Waals surface area contributed by atoms with Crippen LogP contribution in [0.1, 0.15) is 49.9 Å². The van der Waals surface area contributed by atoms with Crippen LogP contribution in [0.3, 0.4) is 0 Å². The second kappa shape index (κ2) is 6.99. The lowest BCUT2D eigenvalue weighted by Crippen LogP contribution is -2.32. The molecule has 2 aromatic rings. The second-order valence-electron chi connectivity index (χ2n) is 7.64. The first-order valence-electron chi connectivity index (χ1n) is 9.00. The van der Waals surface area contributed by atoms with Crippen LogP contribution >= 0.6 is 0 Å². The summed E-state index contributed by atoms with van der Waals surface area (Å²) >= 11 is 0. The van der Waals surface area contributed by atoms with Crippen molar-refractivity contribution in [1.82, 2.24) is 0 Å². The van der Waals surface area contributed by atoms with Gasteiger partial charge in [-0.3, -0.25) is 4.72 Å². The zero-order valence-corrected chi connectivity index (χ0v) is 16.7. The Morgan fingerprint density at radius 1 is 1.18 bits per heavy atom. The van der Waals surface area contributed by atoms with Crippen molar-refractivity contribution in [2.75, 3.05) is 15.8 Å². The Morgan fingerprint density at radius 2 is 1.86 bits per heavy atom. The molecule has 0 radical (unpaired) electrons. The summed E-state index contributed by atoms with van der Waals surface area (Å²) in [6, 6.07) is 10.6. The van der Waals surface area contributed by atoms with Crippen LogP contribution in [-0.2, 0) is 21.6 Å². The van der Waals surface area contributed by atoms with E-state index < -0.39 is 27.2 Å². The van der Waals surface area contributed by atoms with E-state index in [9.17, 15) is 21.6 Å². The predicted molar refractivity (Wildman–Crippen MR) is 105 cm³/mol. The van der Waals surface area contributed by atoms with E-state index in [2.05, 4.69) is 10.0 Å². The van der Waals surface area contributed by atoms with E-state index in [0.717, 1.165) is 11.6 Å². The van der Waals surface area contributed by atoms with Gasteiger partial charge < -0.3 is 5.32 Å². The summed E-state index contributed by atoms with van der Waals surface area (Å²) in [7, 11) is -3.45. The number of nitrogens with one attached hydrogen (secondary N) is 2. The third-order valence-corrected chi connectivity index (χ3v) is 6.39. The third-order valence-electron chi connectivity index (χ3n) is 5.10. The number of halogens is 3. The maximum absolute atomic E-state index is 13.1. The fraction of sp³-hybridized carbons (Fsp3) is 0.400. The minimum Gasteiger partial charge on any atom is -0.378 e. The van der Waals surface area contributed by atoms with Crippen molar-refractivity contribution in [2.45, 2.75) is 44.8 Å². The number of benzene rings is 2. The number of sulfonamides is 1. The molecule has 0 saturated carbocycles. The minimum absolute atomic E-state index is 0.0476. The van der Waals surface area contributed by atoms with Crippen molar-refractivity contribution < 1.29 is 21.6 Å². The van der Waals surface area contributed by atoms with Gasteiger partial charge in [0.05, 0.1) is 23.0 Å². The summed E-state index contributed by atoms with van der Waals surface area (Å²) in [5.41, 5.74) is 1.28. The summed E-state index contributed by atoms with van der Waals surface area (Å²) < 4.78 is 66.0. The van der Waals surface area contributed by atoms with Crippen molar-refractivity contribution in [3.63, 3.8) is 0 Å². The molecule has 0 aromatic heterocycles. The van der Waals surface area contributed by atoms with E-state index in [1.165, 1.54) is 12.1 Å². The molecule has 2 N–H and O–H groups in total. The van der Waals surface area contributed by atoms with Crippen LogP contribution in [0.25, 0.3) is 0 Å². The lowest BCUT2D eigenvalue weighted by Gasteiger charge is -2.39. The molecule has 1 aliphatic heterocycles. The monoisotopic (exact) mass is 412 g/mol. The number of rotatable bonds is 4. The van der Waals surface area contributed by atoms with Crippen molar-refractivity contribution in [1.29, 1.82) is 0 Å². The van der Waals surface area contributed by atoms with Gasteiger partial charge in [0.1, 0.15) is 0 Å². The lowest BCUT2D eigenvalue weighted by molar-refractivity contribution is -0.137. The van der Waals surface area contributed by atoms with Crippen LogP contribution in [0.5, 0.6) is 0 Å². The predicted octanol–water partition coefficient (Wildman–Crippen LogP) is 5.30. The quantitative estimate of drug-likeness (QED) is 0.716. The molecule has 0 bridgehead atoms. The summed E-state index contributed by atoms with van der Waals surface area (Å²) in [5, 5.41) is 3.29. The highest BCUT2D eigenvalue weighted by Gasteiger charge is 2.38. The fourth-order valence-electron chi connectivity index (χ4n) is 3.59. The van der Waals surface area contributed by atoms with E-state index in [0.29, 0.717) is 23.4 Å². The van der Waals surface area contributed by atoms with Crippen LogP contribution < -0.4 is 10.0 Å². The van der Waals surface area contributed by atoms with Crippen LogP contribution in [0.2, 0.25) is 0 Å². The van der Waals surface area contributed by atoms with Gasteiger partial charge in [-0.05, 0) is 54.2 Å².